The fourth-order valence-electron chi connectivity index (χ4n) is 1.43. The van der Waals surface area contributed by atoms with Crippen molar-refractivity contribution in [1.29, 1.82) is 0 Å². The van der Waals surface area contributed by atoms with Gasteiger partial charge in [-0.1, -0.05) is 6.07 Å². The van der Waals surface area contributed by atoms with Crippen molar-refractivity contribution in [3.8, 4) is 0 Å². The summed E-state index contributed by atoms with van der Waals surface area (Å²) in [6.07, 6.45) is 0. The summed E-state index contributed by atoms with van der Waals surface area (Å²) in [6.45, 7) is 0.665. The van der Waals surface area contributed by atoms with E-state index in [4.69, 9.17) is 5.11 Å². The van der Waals surface area contributed by atoms with Gasteiger partial charge in [-0.25, -0.2) is 4.79 Å². The third-order valence-corrected chi connectivity index (χ3v) is 5.53. The molecule has 0 aliphatic heterocycles. The van der Waals surface area contributed by atoms with Gasteiger partial charge in [0.15, 0.2) is 0 Å². The Balaban J connectivity index is 2.06. The number of halogens is 2. The van der Waals surface area contributed by atoms with E-state index in [1.807, 2.05) is 12.1 Å². The summed E-state index contributed by atoms with van der Waals surface area (Å²) in [6, 6.07) is 8.81. The van der Waals surface area contributed by atoms with Crippen molar-refractivity contribution < 1.29 is 9.90 Å². The van der Waals surface area contributed by atoms with Crippen molar-refractivity contribution in [2.75, 3.05) is 5.32 Å². The lowest BCUT2D eigenvalue weighted by Gasteiger charge is -2.05. The van der Waals surface area contributed by atoms with Crippen LogP contribution in [0, 0.1) is 0 Å². The van der Waals surface area contributed by atoms with Crippen LogP contribution in [0.25, 0.3) is 0 Å². The number of anilines is 1. The topological polar surface area (TPSA) is 49.3 Å². The fraction of sp³-hybridized carbons (Fsp3) is 0.0833. The molecule has 1 aromatic carbocycles. The second kappa shape index (κ2) is 5.86. The maximum Gasteiger partial charge on any atom is 0.335 e. The third-order valence-electron chi connectivity index (χ3n) is 2.27. The first kappa shape index (κ1) is 13.6. The Morgan fingerprint density at radius 1 is 1.33 bits per heavy atom. The molecule has 0 fully saturated rings. The predicted molar refractivity (Wildman–Crippen MR) is 80.4 cm³/mol. The first-order valence-electron chi connectivity index (χ1n) is 5.07. The molecule has 0 aliphatic rings. The molecule has 0 amide bonds. The lowest BCUT2D eigenvalue weighted by atomic mass is 10.2. The van der Waals surface area contributed by atoms with Crippen LogP contribution in [-0.2, 0) is 6.54 Å². The van der Waals surface area contributed by atoms with Gasteiger partial charge in [0.25, 0.3) is 0 Å². The molecule has 0 aliphatic carbocycles. The van der Waals surface area contributed by atoms with Crippen LogP contribution in [0.2, 0.25) is 0 Å². The first-order valence-corrected chi connectivity index (χ1v) is 7.47. The van der Waals surface area contributed by atoms with E-state index in [1.54, 1.807) is 29.5 Å². The van der Waals surface area contributed by atoms with Crippen molar-refractivity contribution in [3.63, 3.8) is 0 Å². The summed E-state index contributed by atoms with van der Waals surface area (Å²) in [4.78, 5) is 12.0. The minimum absolute atomic E-state index is 0.286. The van der Waals surface area contributed by atoms with E-state index in [0.717, 1.165) is 18.8 Å². The average molecular weight is 391 g/mol. The zero-order valence-electron chi connectivity index (χ0n) is 9.11. The van der Waals surface area contributed by atoms with Crippen LogP contribution in [0.5, 0.6) is 0 Å². The Hall–Kier alpha value is -0.850. The van der Waals surface area contributed by atoms with E-state index < -0.39 is 5.97 Å². The van der Waals surface area contributed by atoms with E-state index in [0.29, 0.717) is 6.54 Å². The molecule has 0 atom stereocenters. The molecule has 1 heterocycles. The van der Waals surface area contributed by atoms with Gasteiger partial charge < -0.3 is 10.4 Å². The Kier molecular flexibility index (Phi) is 4.42. The smallest absolute Gasteiger partial charge is 0.335 e. The summed E-state index contributed by atoms with van der Waals surface area (Å²) >= 11 is 8.51. The van der Waals surface area contributed by atoms with Gasteiger partial charge in [-0.2, -0.15) is 0 Å². The van der Waals surface area contributed by atoms with Crippen LogP contribution < -0.4 is 5.32 Å². The van der Waals surface area contributed by atoms with Crippen LogP contribution in [0.15, 0.2) is 38.6 Å². The van der Waals surface area contributed by atoms with Crippen molar-refractivity contribution in [2.24, 2.45) is 0 Å². The molecule has 2 aromatic rings. The molecule has 18 heavy (non-hydrogen) atoms. The summed E-state index contributed by atoms with van der Waals surface area (Å²) in [5.41, 5.74) is 1.09. The Morgan fingerprint density at radius 2 is 2.11 bits per heavy atom. The predicted octanol–water partition coefficient (Wildman–Crippen LogP) is 4.58. The minimum atomic E-state index is -0.916. The Labute approximate surface area is 125 Å². The number of nitrogens with one attached hydrogen (secondary N) is 1. The second-order valence-corrected chi connectivity index (χ2v) is 6.88. The fourth-order valence-corrected chi connectivity index (χ4v) is 3.55. The quantitative estimate of drug-likeness (QED) is 0.802. The van der Waals surface area contributed by atoms with Gasteiger partial charge in [-0.3, -0.25) is 0 Å². The molecule has 1 aromatic heterocycles. The summed E-state index contributed by atoms with van der Waals surface area (Å²) < 4.78 is 2.09. The maximum atomic E-state index is 10.8. The molecule has 0 bridgehead atoms. The van der Waals surface area contributed by atoms with Crippen LogP contribution in [0.3, 0.4) is 0 Å². The third kappa shape index (κ3) is 3.34. The number of rotatable bonds is 4. The SMILES string of the molecule is O=C(O)c1cccc(NCc2cc(Br)c(Br)s2)c1. The molecule has 0 spiro atoms. The second-order valence-electron chi connectivity index (χ2n) is 3.57. The number of hydrogen-bond donors (Lipinski definition) is 2. The zero-order chi connectivity index (χ0) is 13.1. The molecule has 0 unspecified atom stereocenters. The number of carbonyl (C=O) groups is 1. The normalized spacial score (nSPS) is 10.3. The van der Waals surface area contributed by atoms with Crippen molar-refractivity contribution >= 4 is 54.9 Å². The van der Waals surface area contributed by atoms with E-state index >= 15 is 0 Å². The number of hydrogen-bond acceptors (Lipinski definition) is 3. The first-order chi connectivity index (χ1) is 8.56. The van der Waals surface area contributed by atoms with Gasteiger partial charge in [0, 0.05) is 21.6 Å². The lowest BCUT2D eigenvalue weighted by Crippen LogP contribution is -2.00. The molecule has 3 nitrogen and oxygen atoms in total. The Morgan fingerprint density at radius 3 is 2.72 bits per heavy atom. The van der Waals surface area contributed by atoms with Gasteiger partial charge in [-0.15, -0.1) is 11.3 Å². The highest BCUT2D eigenvalue weighted by Crippen LogP contribution is 2.32. The highest BCUT2D eigenvalue weighted by Gasteiger charge is 2.05. The van der Waals surface area contributed by atoms with Gasteiger partial charge >= 0.3 is 5.97 Å². The molecule has 2 N–H and O–H groups in total. The molecule has 0 radical (unpaired) electrons. The summed E-state index contributed by atoms with van der Waals surface area (Å²) in [5.74, 6) is -0.916. The molecule has 6 heteroatoms. The molecular weight excluding hydrogens is 382 g/mol. The van der Waals surface area contributed by atoms with Gasteiger partial charge in [0.1, 0.15) is 0 Å². The van der Waals surface area contributed by atoms with Crippen molar-refractivity contribution in [2.45, 2.75) is 6.54 Å². The number of aromatic carboxylic acids is 1. The van der Waals surface area contributed by atoms with Crippen LogP contribution in [-0.4, -0.2) is 11.1 Å². The van der Waals surface area contributed by atoms with E-state index in [1.165, 1.54) is 0 Å². The highest BCUT2D eigenvalue weighted by atomic mass is 79.9. The number of thiophene rings is 1. The van der Waals surface area contributed by atoms with Gasteiger partial charge in [0.2, 0.25) is 0 Å². The summed E-state index contributed by atoms with van der Waals surface area (Å²) in [5, 5.41) is 12.1. The van der Waals surface area contributed by atoms with Crippen LogP contribution >= 0.6 is 43.2 Å². The number of benzene rings is 1. The molecular formula is C12H9Br2NO2S. The highest BCUT2D eigenvalue weighted by molar-refractivity contribution is 9.13. The minimum Gasteiger partial charge on any atom is -0.478 e. The average Bonchev–Trinajstić information content (AvgIpc) is 2.67. The van der Waals surface area contributed by atoms with Crippen molar-refractivity contribution in [1.82, 2.24) is 0 Å². The van der Waals surface area contributed by atoms with E-state index in [2.05, 4.69) is 37.2 Å². The monoisotopic (exact) mass is 389 g/mol. The molecule has 94 valence electrons. The molecule has 2 rings (SSSR count). The molecule has 0 saturated carbocycles. The number of carboxylic acid groups (broad SMARTS) is 1. The largest absolute Gasteiger partial charge is 0.478 e. The van der Waals surface area contributed by atoms with Gasteiger partial charge in [-0.05, 0) is 56.1 Å². The lowest BCUT2D eigenvalue weighted by molar-refractivity contribution is 0.0697. The standard InChI is InChI=1S/C12H9Br2NO2S/c13-10-5-9(18-11(10)14)6-15-8-3-1-2-7(4-8)12(16)17/h1-5,15H,6H2,(H,16,17). The Bertz CT molecular complexity index is 564. The maximum absolute atomic E-state index is 10.8. The van der Waals surface area contributed by atoms with Crippen LogP contribution in [0.1, 0.15) is 15.2 Å². The molecule has 0 saturated heterocycles. The van der Waals surface area contributed by atoms with Crippen molar-refractivity contribution in [3.05, 3.63) is 49.0 Å². The van der Waals surface area contributed by atoms with Gasteiger partial charge in [0.05, 0.1) is 9.35 Å². The zero-order valence-corrected chi connectivity index (χ0v) is 13.1. The van der Waals surface area contributed by atoms with Crippen LogP contribution in [0.4, 0.5) is 5.69 Å². The number of carboxylic acids is 1. The van der Waals surface area contributed by atoms with E-state index in [-0.39, 0.29) is 5.56 Å². The summed E-state index contributed by atoms with van der Waals surface area (Å²) in [7, 11) is 0. The van der Waals surface area contributed by atoms with E-state index in [9.17, 15) is 4.79 Å².